The Bertz CT molecular complexity index is 773. The van der Waals surface area contributed by atoms with Gasteiger partial charge in [-0.25, -0.2) is 9.37 Å². The second-order valence-corrected chi connectivity index (χ2v) is 8.61. The molecular formula is C17H19FN2OS2. The van der Waals surface area contributed by atoms with Gasteiger partial charge < -0.3 is 0 Å². The van der Waals surface area contributed by atoms with Crippen LogP contribution in [0.2, 0.25) is 0 Å². The summed E-state index contributed by atoms with van der Waals surface area (Å²) in [4.78, 5) is 18.5. The van der Waals surface area contributed by atoms with Gasteiger partial charge in [-0.05, 0) is 30.7 Å². The maximum absolute atomic E-state index is 13.2. The lowest BCUT2D eigenvalue weighted by Gasteiger charge is -2.16. The van der Waals surface area contributed by atoms with Crippen LogP contribution in [-0.4, -0.2) is 20.1 Å². The van der Waals surface area contributed by atoms with Crippen molar-refractivity contribution in [2.24, 2.45) is 0 Å². The molecule has 0 N–H and O–H groups in total. The van der Waals surface area contributed by atoms with Crippen molar-refractivity contribution in [3.05, 3.63) is 46.1 Å². The Morgan fingerprint density at radius 2 is 2.13 bits per heavy atom. The quantitative estimate of drug-likeness (QED) is 0.608. The number of fused-ring (bicyclic) bond motifs is 1. The number of hydrogen-bond donors (Lipinski definition) is 0. The molecule has 0 saturated carbocycles. The molecule has 0 unspecified atom stereocenters. The summed E-state index contributed by atoms with van der Waals surface area (Å²) in [6, 6.07) is 6.02. The van der Waals surface area contributed by atoms with Crippen molar-refractivity contribution in [2.75, 3.05) is 0 Å². The molecule has 1 aliphatic rings. The average molecular weight is 350 g/mol. The molecule has 0 fully saturated rings. The molecule has 1 aliphatic heterocycles. The highest BCUT2D eigenvalue weighted by Crippen LogP contribution is 2.35. The van der Waals surface area contributed by atoms with Gasteiger partial charge in [-0.15, -0.1) is 11.8 Å². The minimum absolute atomic E-state index is 0.0400. The number of benzene rings is 1. The van der Waals surface area contributed by atoms with Gasteiger partial charge in [-0.3, -0.25) is 9.36 Å². The minimum atomic E-state index is -0.310. The van der Waals surface area contributed by atoms with Gasteiger partial charge in [0.2, 0.25) is 0 Å². The van der Waals surface area contributed by atoms with Gasteiger partial charge in [0.25, 0.3) is 5.56 Å². The zero-order valence-electron chi connectivity index (χ0n) is 13.4. The Morgan fingerprint density at radius 1 is 1.43 bits per heavy atom. The lowest BCUT2D eigenvalue weighted by atomic mass is 10.2. The first-order valence-corrected chi connectivity index (χ1v) is 9.50. The highest BCUT2D eigenvalue weighted by Gasteiger charge is 2.27. The Labute approximate surface area is 143 Å². The lowest BCUT2D eigenvalue weighted by Crippen LogP contribution is -2.24. The van der Waals surface area contributed by atoms with E-state index in [-0.39, 0.29) is 11.4 Å². The van der Waals surface area contributed by atoms with Crippen LogP contribution >= 0.6 is 23.5 Å². The van der Waals surface area contributed by atoms with Gasteiger partial charge in [0.05, 0.1) is 16.3 Å². The van der Waals surface area contributed by atoms with Crippen LogP contribution in [-0.2, 0) is 6.42 Å². The molecule has 3 nitrogen and oxygen atoms in total. The first-order valence-electron chi connectivity index (χ1n) is 7.74. The maximum Gasteiger partial charge on any atom is 0.272 e. The van der Waals surface area contributed by atoms with E-state index in [1.807, 2.05) is 0 Å². The molecular weight excluding hydrogens is 331 g/mol. The van der Waals surface area contributed by atoms with Crippen LogP contribution in [0.15, 0.2) is 39.1 Å². The van der Waals surface area contributed by atoms with E-state index in [2.05, 4.69) is 20.8 Å². The number of hydrogen-bond acceptors (Lipinski definition) is 4. The van der Waals surface area contributed by atoms with Crippen LogP contribution in [0, 0.1) is 5.82 Å². The highest BCUT2D eigenvalue weighted by molar-refractivity contribution is 8.00. The molecule has 0 amide bonds. The molecule has 23 heavy (non-hydrogen) atoms. The van der Waals surface area contributed by atoms with Crippen molar-refractivity contribution < 1.29 is 4.39 Å². The van der Waals surface area contributed by atoms with Crippen molar-refractivity contribution in [3.8, 4) is 5.69 Å². The summed E-state index contributed by atoms with van der Waals surface area (Å²) in [5.41, 5.74) is 1.52. The second-order valence-electron chi connectivity index (χ2n) is 5.76. The summed E-state index contributed by atoms with van der Waals surface area (Å²) in [5, 5.41) is 1.43. The maximum atomic E-state index is 13.2. The molecule has 0 aliphatic carbocycles. The number of aromatic nitrogens is 2. The fourth-order valence-corrected chi connectivity index (χ4v) is 4.54. The van der Waals surface area contributed by atoms with Gasteiger partial charge in [-0.1, -0.05) is 32.5 Å². The van der Waals surface area contributed by atoms with Gasteiger partial charge >= 0.3 is 0 Å². The molecule has 1 aromatic heterocycles. The molecule has 3 rings (SSSR count). The fourth-order valence-electron chi connectivity index (χ4n) is 2.46. The van der Waals surface area contributed by atoms with E-state index in [0.717, 1.165) is 23.4 Å². The van der Waals surface area contributed by atoms with Crippen LogP contribution in [0.25, 0.3) is 5.69 Å². The van der Waals surface area contributed by atoms with Crippen LogP contribution in [0.1, 0.15) is 32.9 Å². The Kier molecular flexibility index (Phi) is 4.82. The predicted molar refractivity (Wildman–Crippen MR) is 94.4 cm³/mol. The van der Waals surface area contributed by atoms with E-state index < -0.39 is 0 Å². The zero-order chi connectivity index (χ0) is 16.6. The normalized spacial score (nSPS) is 18.0. The van der Waals surface area contributed by atoms with E-state index in [4.69, 9.17) is 4.98 Å². The molecule has 2 atom stereocenters. The molecule has 2 aromatic rings. The monoisotopic (exact) mass is 350 g/mol. The topological polar surface area (TPSA) is 34.9 Å². The molecule has 122 valence electrons. The molecule has 6 heteroatoms. The SMILES string of the molecule is CC[C@H](C)Sc1nc2c(c(=O)n1-c1ccc(F)cc1)S[C@@H](C)C2. The zero-order valence-corrected chi connectivity index (χ0v) is 15.0. The van der Waals surface area contributed by atoms with Crippen LogP contribution < -0.4 is 5.56 Å². The number of nitrogens with zero attached hydrogens (tertiary/aromatic N) is 2. The molecule has 0 saturated heterocycles. The number of rotatable bonds is 4. The lowest BCUT2D eigenvalue weighted by molar-refractivity contribution is 0.626. The summed E-state index contributed by atoms with van der Waals surface area (Å²) in [6.07, 6.45) is 1.82. The van der Waals surface area contributed by atoms with E-state index in [0.29, 0.717) is 21.3 Å². The molecule has 2 heterocycles. The van der Waals surface area contributed by atoms with Crippen LogP contribution in [0.3, 0.4) is 0 Å². The highest BCUT2D eigenvalue weighted by atomic mass is 32.2. The van der Waals surface area contributed by atoms with E-state index in [1.165, 1.54) is 12.1 Å². The van der Waals surface area contributed by atoms with Gasteiger partial charge in [0.1, 0.15) is 5.82 Å². The molecule has 0 radical (unpaired) electrons. The smallest absolute Gasteiger partial charge is 0.268 e. The summed E-state index contributed by atoms with van der Waals surface area (Å²) in [7, 11) is 0. The third kappa shape index (κ3) is 3.33. The summed E-state index contributed by atoms with van der Waals surface area (Å²) in [6.45, 7) is 6.34. The summed E-state index contributed by atoms with van der Waals surface area (Å²) < 4.78 is 14.9. The third-order valence-corrected chi connectivity index (χ3v) is 6.28. The van der Waals surface area contributed by atoms with E-state index in [9.17, 15) is 9.18 Å². The Morgan fingerprint density at radius 3 is 2.78 bits per heavy atom. The number of thioether (sulfide) groups is 2. The first kappa shape index (κ1) is 16.6. The molecule has 0 bridgehead atoms. The van der Waals surface area contributed by atoms with Crippen molar-refractivity contribution in [2.45, 2.75) is 54.2 Å². The molecule has 1 aromatic carbocycles. The largest absolute Gasteiger partial charge is 0.272 e. The first-order chi connectivity index (χ1) is 11.0. The minimum Gasteiger partial charge on any atom is -0.268 e. The Balaban J connectivity index is 2.17. The van der Waals surface area contributed by atoms with E-state index in [1.54, 1.807) is 40.2 Å². The van der Waals surface area contributed by atoms with Gasteiger partial charge in [-0.2, -0.15) is 0 Å². The standard InChI is InChI=1S/C17H19FN2OS2/c1-4-10(2)23-17-19-14-9-11(3)22-15(14)16(21)20(17)13-7-5-12(18)6-8-13/h5-8,10-11H,4,9H2,1-3H3/t10-,11-/m0/s1. The van der Waals surface area contributed by atoms with Crippen molar-refractivity contribution in [3.63, 3.8) is 0 Å². The van der Waals surface area contributed by atoms with Crippen LogP contribution in [0.4, 0.5) is 4.39 Å². The summed E-state index contributed by atoms with van der Waals surface area (Å²) >= 11 is 3.18. The van der Waals surface area contributed by atoms with Gasteiger partial charge in [0.15, 0.2) is 5.16 Å². The van der Waals surface area contributed by atoms with Gasteiger partial charge in [0, 0.05) is 16.9 Å². The van der Waals surface area contributed by atoms with E-state index >= 15 is 0 Å². The number of halogens is 1. The average Bonchev–Trinajstić information content (AvgIpc) is 2.89. The van der Waals surface area contributed by atoms with Crippen LogP contribution in [0.5, 0.6) is 0 Å². The Hall–Kier alpha value is -1.27. The fraction of sp³-hybridized carbons (Fsp3) is 0.412. The molecule has 0 spiro atoms. The van der Waals surface area contributed by atoms with Crippen molar-refractivity contribution in [1.29, 1.82) is 0 Å². The second kappa shape index (κ2) is 6.69. The predicted octanol–water partition coefficient (Wildman–Crippen LogP) is 4.30. The van der Waals surface area contributed by atoms with Crippen molar-refractivity contribution >= 4 is 23.5 Å². The summed E-state index contributed by atoms with van der Waals surface area (Å²) in [5.74, 6) is -0.310. The third-order valence-electron chi connectivity index (χ3n) is 3.85. The van der Waals surface area contributed by atoms with Crippen molar-refractivity contribution in [1.82, 2.24) is 9.55 Å².